The van der Waals surface area contributed by atoms with Gasteiger partial charge in [-0.1, -0.05) is 0 Å². The lowest BCUT2D eigenvalue weighted by atomic mass is 10.2. The first-order valence-corrected chi connectivity index (χ1v) is 3.68. The maximum Gasteiger partial charge on any atom is 0.542 e. The first kappa shape index (κ1) is 8.60. The molecule has 64 valence electrons. The van der Waals surface area contributed by atoms with Crippen LogP contribution in [0.15, 0.2) is 13.7 Å². The van der Waals surface area contributed by atoms with Crippen LogP contribution in [0.1, 0.15) is 25.7 Å². The van der Waals surface area contributed by atoms with Gasteiger partial charge < -0.3 is 4.42 Å². The molecule has 4 nitrogen and oxygen atoms in total. The lowest BCUT2D eigenvalue weighted by molar-refractivity contribution is 0.334. The monoisotopic (exact) mass is 167 g/mol. The van der Waals surface area contributed by atoms with Gasteiger partial charge in [0.05, 0.1) is 0 Å². The van der Waals surface area contributed by atoms with Gasteiger partial charge in [0, 0.05) is 12.8 Å². The van der Waals surface area contributed by atoms with Crippen LogP contribution in [-0.4, -0.2) is 5.16 Å². The molecule has 0 aliphatic heterocycles. The summed E-state index contributed by atoms with van der Waals surface area (Å²) in [5, 5.41) is 3.41. The fourth-order valence-corrected chi connectivity index (χ4v) is 0.771. The van der Waals surface area contributed by atoms with E-state index < -0.39 is 5.82 Å². The van der Waals surface area contributed by atoms with E-state index in [0.717, 1.165) is 12.8 Å². The molecule has 1 rings (SSSR count). The fourth-order valence-electron chi connectivity index (χ4n) is 0.771. The van der Waals surface area contributed by atoms with Gasteiger partial charge in [0.25, 0.3) is 0 Å². The van der Waals surface area contributed by atoms with Gasteiger partial charge in [-0.2, -0.15) is 0 Å². The molecule has 0 bridgehead atoms. The van der Waals surface area contributed by atoms with Crippen molar-refractivity contribution in [2.24, 2.45) is 0 Å². The Kier molecular flexibility index (Phi) is 3.15. The van der Waals surface area contributed by atoms with E-state index in [0.29, 0.717) is 12.3 Å². The largest absolute Gasteiger partial charge is 0.542 e. The Balaban J connectivity index is 2.32. The molecule has 1 aromatic heterocycles. The number of aryl methyl sites for hydroxylation is 1. The highest BCUT2D eigenvalue weighted by atomic mass is 16.6. The predicted octanol–water partition coefficient (Wildman–Crippen LogP) is 0.974. The van der Waals surface area contributed by atoms with Crippen LogP contribution in [0.3, 0.4) is 0 Å². The minimum Gasteiger partial charge on any atom is -0.375 e. The topological polar surface area (TPSA) is 56.2 Å². The number of unbranched alkanes of at least 4 members (excludes halogenated alkanes) is 1. The zero-order valence-electron chi connectivity index (χ0n) is 6.79. The smallest absolute Gasteiger partial charge is 0.375 e. The number of rotatable bonds is 3. The van der Waals surface area contributed by atoms with Gasteiger partial charge >= 0.3 is 5.82 Å². The Morgan fingerprint density at radius 3 is 3.00 bits per heavy atom. The molecule has 4 heteroatoms. The van der Waals surface area contributed by atoms with Crippen molar-refractivity contribution in [3.63, 3.8) is 0 Å². The molecule has 12 heavy (non-hydrogen) atoms. The van der Waals surface area contributed by atoms with Gasteiger partial charge in [0.15, 0.2) is 0 Å². The van der Waals surface area contributed by atoms with E-state index in [1.807, 2.05) is 0 Å². The van der Waals surface area contributed by atoms with E-state index in [-0.39, 0.29) is 0 Å². The Hall–Kier alpha value is -1.50. The highest BCUT2D eigenvalue weighted by molar-refractivity contribution is 4.95. The Labute approximate surface area is 69.6 Å². The van der Waals surface area contributed by atoms with Crippen LogP contribution in [0, 0.1) is 11.8 Å². The van der Waals surface area contributed by atoms with Gasteiger partial charge in [0.2, 0.25) is 5.89 Å². The van der Waals surface area contributed by atoms with Gasteiger partial charge in [-0.15, -0.1) is 11.8 Å². The zero-order chi connectivity index (χ0) is 8.81. The first-order chi connectivity index (χ1) is 5.83. The standard InChI is InChI=1S/C8H9NO3/c1-2-3-4-5-6-7-9-12-8(10)11-7/h4-6H2,1H3. The fraction of sp³-hybridized carbons (Fsp3) is 0.500. The van der Waals surface area contributed by atoms with E-state index in [1.54, 1.807) is 6.92 Å². The highest BCUT2D eigenvalue weighted by Gasteiger charge is 2.01. The summed E-state index contributed by atoms with van der Waals surface area (Å²) in [4.78, 5) is 10.4. The van der Waals surface area contributed by atoms with Gasteiger partial charge in [0.1, 0.15) is 0 Å². The van der Waals surface area contributed by atoms with E-state index in [4.69, 9.17) is 0 Å². The molecule has 0 atom stereocenters. The second-order valence-corrected chi connectivity index (χ2v) is 2.21. The molecule has 0 saturated carbocycles. The minimum atomic E-state index is -0.744. The van der Waals surface area contributed by atoms with Crippen molar-refractivity contribution in [3.8, 4) is 11.8 Å². The molecule has 0 N–H and O–H groups in total. The van der Waals surface area contributed by atoms with Gasteiger partial charge in [-0.25, -0.2) is 4.79 Å². The van der Waals surface area contributed by atoms with E-state index in [1.165, 1.54) is 0 Å². The molecule has 0 spiro atoms. The van der Waals surface area contributed by atoms with Gasteiger partial charge in [-0.3, -0.25) is 4.52 Å². The van der Waals surface area contributed by atoms with E-state index in [9.17, 15) is 4.79 Å². The molecule has 0 aliphatic rings. The maximum atomic E-state index is 10.4. The Morgan fingerprint density at radius 2 is 2.42 bits per heavy atom. The Bertz CT molecular complexity index is 339. The summed E-state index contributed by atoms with van der Waals surface area (Å²) in [6, 6.07) is 0. The molecule has 0 unspecified atom stereocenters. The second-order valence-electron chi connectivity index (χ2n) is 2.21. The third kappa shape index (κ3) is 2.62. The van der Waals surface area contributed by atoms with Gasteiger partial charge in [-0.05, 0) is 18.5 Å². The average Bonchev–Trinajstić information content (AvgIpc) is 2.45. The van der Waals surface area contributed by atoms with Crippen LogP contribution in [-0.2, 0) is 6.42 Å². The van der Waals surface area contributed by atoms with Crippen LogP contribution in [0.2, 0.25) is 0 Å². The quantitative estimate of drug-likeness (QED) is 0.497. The maximum absolute atomic E-state index is 10.4. The van der Waals surface area contributed by atoms with Crippen molar-refractivity contribution in [2.45, 2.75) is 26.2 Å². The van der Waals surface area contributed by atoms with Crippen LogP contribution in [0.4, 0.5) is 0 Å². The van der Waals surface area contributed by atoms with Crippen molar-refractivity contribution < 1.29 is 8.94 Å². The molecule has 0 radical (unpaired) electrons. The molecule has 0 aromatic carbocycles. The van der Waals surface area contributed by atoms with Crippen molar-refractivity contribution in [1.82, 2.24) is 5.16 Å². The summed E-state index contributed by atoms with van der Waals surface area (Å²) in [6.45, 7) is 1.79. The Morgan fingerprint density at radius 1 is 1.58 bits per heavy atom. The molecule has 0 fully saturated rings. The molecule has 1 heterocycles. The summed E-state index contributed by atoms with van der Waals surface area (Å²) < 4.78 is 8.80. The zero-order valence-corrected chi connectivity index (χ0v) is 6.79. The van der Waals surface area contributed by atoms with E-state index >= 15 is 0 Å². The van der Waals surface area contributed by atoms with E-state index in [2.05, 4.69) is 25.9 Å². The van der Waals surface area contributed by atoms with Crippen LogP contribution >= 0.6 is 0 Å². The predicted molar refractivity (Wildman–Crippen MR) is 41.4 cm³/mol. The molecule has 0 amide bonds. The third-order valence-electron chi connectivity index (χ3n) is 1.29. The summed E-state index contributed by atoms with van der Waals surface area (Å²) in [5.74, 6) is 5.27. The number of hydrogen-bond acceptors (Lipinski definition) is 4. The van der Waals surface area contributed by atoms with Crippen molar-refractivity contribution >= 4 is 0 Å². The lowest BCUT2D eigenvalue weighted by Gasteiger charge is -1.86. The molecule has 0 saturated heterocycles. The lowest BCUT2D eigenvalue weighted by Crippen LogP contribution is -1.87. The van der Waals surface area contributed by atoms with Crippen LogP contribution in [0.25, 0.3) is 0 Å². The summed E-state index contributed by atoms with van der Waals surface area (Å²) >= 11 is 0. The molecular formula is C8H9NO3. The first-order valence-electron chi connectivity index (χ1n) is 3.68. The summed E-state index contributed by atoms with van der Waals surface area (Å²) in [5.41, 5.74) is 0. The van der Waals surface area contributed by atoms with Crippen LogP contribution < -0.4 is 5.82 Å². The molecule has 1 aromatic rings. The van der Waals surface area contributed by atoms with Crippen molar-refractivity contribution in [3.05, 3.63) is 16.5 Å². The average molecular weight is 167 g/mol. The van der Waals surface area contributed by atoms with Crippen molar-refractivity contribution in [2.75, 3.05) is 0 Å². The summed E-state index contributed by atoms with van der Waals surface area (Å²) in [7, 11) is 0. The number of nitrogens with zero attached hydrogens (tertiary/aromatic N) is 1. The molecular weight excluding hydrogens is 158 g/mol. The van der Waals surface area contributed by atoms with Crippen LogP contribution in [0.5, 0.6) is 0 Å². The SMILES string of the molecule is CC#CCCCc1noc(=O)o1. The third-order valence-corrected chi connectivity index (χ3v) is 1.29. The summed E-state index contributed by atoms with van der Waals surface area (Å²) in [6.07, 6.45) is 2.21. The normalized spacial score (nSPS) is 9.08. The second kappa shape index (κ2) is 4.39. The minimum absolute atomic E-state index is 0.345. The molecule has 0 aliphatic carbocycles. The number of aromatic nitrogens is 1. The highest BCUT2D eigenvalue weighted by Crippen LogP contribution is 1.97. The van der Waals surface area contributed by atoms with Crippen molar-refractivity contribution in [1.29, 1.82) is 0 Å². The number of hydrogen-bond donors (Lipinski definition) is 0.